The predicted molar refractivity (Wildman–Crippen MR) is 107 cm³/mol. The molecule has 1 aromatic rings. The Balaban J connectivity index is 1.15. The van der Waals surface area contributed by atoms with E-state index < -0.39 is 5.97 Å². The minimum absolute atomic E-state index is 0.214. The van der Waals surface area contributed by atoms with Crippen molar-refractivity contribution < 1.29 is 9.90 Å². The molecular formula is C22H33N3O2. The lowest BCUT2D eigenvalue weighted by Crippen LogP contribution is -2.57. The number of hydrogen-bond acceptors (Lipinski definition) is 4. The van der Waals surface area contributed by atoms with Gasteiger partial charge in [0.05, 0.1) is 6.54 Å². The third kappa shape index (κ3) is 5.53. The summed E-state index contributed by atoms with van der Waals surface area (Å²) in [5.41, 5.74) is 1.40. The quantitative estimate of drug-likeness (QED) is 0.699. The van der Waals surface area contributed by atoms with Crippen LogP contribution in [-0.4, -0.2) is 65.2 Å². The van der Waals surface area contributed by atoms with Gasteiger partial charge in [-0.2, -0.15) is 0 Å². The zero-order valence-electron chi connectivity index (χ0n) is 16.2. The third-order valence-corrected chi connectivity index (χ3v) is 6.47. The molecule has 1 aliphatic heterocycles. The van der Waals surface area contributed by atoms with Crippen LogP contribution in [0.5, 0.6) is 0 Å². The van der Waals surface area contributed by atoms with Crippen molar-refractivity contribution in [1.29, 1.82) is 0 Å². The molecule has 1 aromatic carbocycles. The van der Waals surface area contributed by atoms with Crippen LogP contribution < -0.4 is 5.32 Å². The number of likely N-dealkylation sites (tertiary alicyclic amines) is 1. The first-order valence-corrected chi connectivity index (χ1v) is 10.6. The van der Waals surface area contributed by atoms with Gasteiger partial charge >= 0.3 is 5.97 Å². The van der Waals surface area contributed by atoms with Crippen LogP contribution in [-0.2, 0) is 11.3 Å². The molecule has 2 saturated carbocycles. The van der Waals surface area contributed by atoms with Gasteiger partial charge in [0, 0.05) is 31.2 Å². The van der Waals surface area contributed by atoms with Gasteiger partial charge in [-0.3, -0.25) is 14.6 Å². The maximum Gasteiger partial charge on any atom is 0.317 e. The van der Waals surface area contributed by atoms with Crippen LogP contribution in [0.4, 0.5) is 0 Å². The second-order valence-electron chi connectivity index (χ2n) is 8.79. The number of carboxylic acids is 1. The number of benzene rings is 1. The molecule has 1 saturated heterocycles. The molecule has 148 valence electrons. The average molecular weight is 372 g/mol. The smallest absolute Gasteiger partial charge is 0.317 e. The lowest BCUT2D eigenvalue weighted by atomic mass is 9.84. The van der Waals surface area contributed by atoms with Crippen molar-refractivity contribution in [1.82, 2.24) is 15.1 Å². The minimum Gasteiger partial charge on any atom is -0.480 e. The molecule has 3 aliphatic rings. The molecule has 3 fully saturated rings. The average Bonchev–Trinajstić information content (AvgIpc) is 3.43. The van der Waals surface area contributed by atoms with Crippen molar-refractivity contribution in [2.45, 2.75) is 63.2 Å². The highest BCUT2D eigenvalue weighted by molar-refractivity contribution is 5.69. The van der Waals surface area contributed by atoms with Crippen molar-refractivity contribution in [3.05, 3.63) is 35.9 Å². The van der Waals surface area contributed by atoms with E-state index in [1.165, 1.54) is 31.2 Å². The van der Waals surface area contributed by atoms with Gasteiger partial charge in [-0.25, -0.2) is 0 Å². The summed E-state index contributed by atoms with van der Waals surface area (Å²) in [6.45, 7) is 4.59. The van der Waals surface area contributed by atoms with Crippen molar-refractivity contribution in [3.8, 4) is 0 Å². The van der Waals surface area contributed by atoms with Gasteiger partial charge in [-0.1, -0.05) is 30.3 Å². The van der Waals surface area contributed by atoms with Crippen molar-refractivity contribution in [3.63, 3.8) is 0 Å². The molecule has 0 atom stereocenters. The first kappa shape index (κ1) is 18.9. The van der Waals surface area contributed by atoms with Gasteiger partial charge in [0.25, 0.3) is 0 Å². The summed E-state index contributed by atoms with van der Waals surface area (Å²) in [4.78, 5) is 15.9. The first-order valence-electron chi connectivity index (χ1n) is 10.6. The summed E-state index contributed by atoms with van der Waals surface area (Å²) in [6, 6.07) is 12.4. The summed E-state index contributed by atoms with van der Waals surface area (Å²) in [5.74, 6) is 0.0724. The van der Waals surface area contributed by atoms with E-state index in [0.717, 1.165) is 44.9 Å². The largest absolute Gasteiger partial charge is 0.480 e. The summed E-state index contributed by atoms with van der Waals surface area (Å²) < 4.78 is 0. The molecular weight excluding hydrogens is 338 g/mol. The highest BCUT2D eigenvalue weighted by Gasteiger charge is 2.38. The van der Waals surface area contributed by atoms with Crippen molar-refractivity contribution in [2.24, 2.45) is 5.92 Å². The number of aliphatic carboxylic acids is 1. The number of piperidine rings is 1. The standard InChI is InChI=1S/C22H33N3O2/c26-22(27)16-25(15-18-6-7-18)21-12-20(13-21)23-19-8-10-24(11-9-19)14-17-4-2-1-3-5-17/h1-5,18-21,23H,6-16H2,(H,26,27). The number of hydrogen-bond donors (Lipinski definition) is 2. The van der Waals surface area contributed by atoms with Gasteiger partial charge < -0.3 is 10.4 Å². The van der Waals surface area contributed by atoms with Crippen LogP contribution in [0.2, 0.25) is 0 Å². The van der Waals surface area contributed by atoms with E-state index in [4.69, 9.17) is 0 Å². The fraction of sp³-hybridized carbons (Fsp3) is 0.682. The fourth-order valence-corrected chi connectivity index (χ4v) is 4.60. The van der Waals surface area contributed by atoms with E-state index in [0.29, 0.717) is 18.1 Å². The second-order valence-corrected chi connectivity index (χ2v) is 8.79. The fourth-order valence-electron chi connectivity index (χ4n) is 4.60. The molecule has 0 aromatic heterocycles. The summed E-state index contributed by atoms with van der Waals surface area (Å²) in [5, 5.41) is 13.0. The highest BCUT2D eigenvalue weighted by Crippen LogP contribution is 2.34. The second kappa shape index (κ2) is 8.72. The monoisotopic (exact) mass is 371 g/mol. The Bertz CT molecular complexity index is 605. The number of rotatable bonds is 9. The number of nitrogens with zero attached hydrogens (tertiary/aromatic N) is 2. The molecule has 0 amide bonds. The Morgan fingerprint density at radius 3 is 2.41 bits per heavy atom. The summed E-state index contributed by atoms with van der Waals surface area (Å²) >= 11 is 0. The van der Waals surface area contributed by atoms with Gasteiger partial charge in [-0.05, 0) is 63.1 Å². The molecule has 2 aliphatic carbocycles. The third-order valence-electron chi connectivity index (χ3n) is 6.47. The molecule has 4 rings (SSSR count). The zero-order chi connectivity index (χ0) is 18.6. The van der Waals surface area contributed by atoms with E-state index in [-0.39, 0.29) is 6.54 Å². The lowest BCUT2D eigenvalue weighted by Gasteiger charge is -2.45. The minimum atomic E-state index is -0.683. The van der Waals surface area contributed by atoms with Crippen LogP contribution in [0.1, 0.15) is 44.1 Å². The molecule has 0 spiro atoms. The Morgan fingerprint density at radius 1 is 1.07 bits per heavy atom. The molecule has 0 bridgehead atoms. The lowest BCUT2D eigenvalue weighted by molar-refractivity contribution is -0.139. The molecule has 5 heteroatoms. The van der Waals surface area contributed by atoms with E-state index in [2.05, 4.69) is 45.4 Å². The van der Waals surface area contributed by atoms with Crippen LogP contribution in [0, 0.1) is 5.92 Å². The maximum absolute atomic E-state index is 11.2. The normalized spacial score (nSPS) is 26.9. The topological polar surface area (TPSA) is 55.8 Å². The van der Waals surface area contributed by atoms with E-state index in [1.54, 1.807) is 0 Å². The zero-order valence-corrected chi connectivity index (χ0v) is 16.2. The first-order chi connectivity index (χ1) is 13.2. The summed E-state index contributed by atoms with van der Waals surface area (Å²) in [7, 11) is 0. The Morgan fingerprint density at radius 2 is 1.78 bits per heavy atom. The van der Waals surface area contributed by atoms with E-state index >= 15 is 0 Å². The molecule has 2 N–H and O–H groups in total. The van der Waals surface area contributed by atoms with Gasteiger partial charge in [0.15, 0.2) is 0 Å². The maximum atomic E-state index is 11.2. The van der Waals surface area contributed by atoms with Crippen LogP contribution in [0.3, 0.4) is 0 Å². The molecule has 0 unspecified atom stereocenters. The number of carboxylic acid groups (broad SMARTS) is 1. The predicted octanol–water partition coefficient (Wildman–Crippen LogP) is 2.57. The van der Waals surface area contributed by atoms with Crippen LogP contribution >= 0.6 is 0 Å². The number of carbonyl (C=O) groups is 1. The van der Waals surface area contributed by atoms with E-state index in [1.807, 2.05) is 0 Å². The molecule has 5 nitrogen and oxygen atoms in total. The van der Waals surface area contributed by atoms with Gasteiger partial charge in [0.2, 0.25) is 0 Å². The van der Waals surface area contributed by atoms with Crippen LogP contribution in [0.25, 0.3) is 0 Å². The highest BCUT2D eigenvalue weighted by atomic mass is 16.4. The number of nitrogens with one attached hydrogen (secondary N) is 1. The molecule has 27 heavy (non-hydrogen) atoms. The van der Waals surface area contributed by atoms with Gasteiger partial charge in [-0.15, -0.1) is 0 Å². The van der Waals surface area contributed by atoms with Gasteiger partial charge in [0.1, 0.15) is 0 Å². The van der Waals surface area contributed by atoms with Crippen molar-refractivity contribution in [2.75, 3.05) is 26.2 Å². The molecule has 1 heterocycles. The van der Waals surface area contributed by atoms with Crippen LogP contribution in [0.15, 0.2) is 30.3 Å². The Labute approximate surface area is 162 Å². The SMILES string of the molecule is O=C(O)CN(CC1CC1)C1CC(NC2CCN(Cc3ccccc3)CC2)C1. The Hall–Kier alpha value is -1.43. The van der Waals surface area contributed by atoms with Crippen molar-refractivity contribution >= 4 is 5.97 Å². The Kier molecular flexibility index (Phi) is 6.11. The van der Waals surface area contributed by atoms with E-state index in [9.17, 15) is 9.90 Å². The molecule has 0 radical (unpaired) electrons. The summed E-state index contributed by atoms with van der Waals surface area (Å²) in [6.07, 6.45) is 7.23.